The van der Waals surface area contributed by atoms with Gasteiger partial charge in [0.05, 0.1) is 8.66 Å². The second-order valence-electron chi connectivity index (χ2n) is 5.88. The zero-order valence-corrected chi connectivity index (χ0v) is 14.6. The Bertz CT molecular complexity index is 702. The summed E-state index contributed by atoms with van der Waals surface area (Å²) in [6, 6.07) is 9.92. The highest BCUT2D eigenvalue weighted by atomic mass is 79.9. The van der Waals surface area contributed by atoms with E-state index in [1.54, 1.807) is 0 Å². The van der Waals surface area contributed by atoms with Crippen LogP contribution in [0.4, 0.5) is 0 Å². The van der Waals surface area contributed by atoms with Crippen LogP contribution >= 0.6 is 38.9 Å². The zero-order chi connectivity index (χ0) is 14.7. The molecule has 0 saturated heterocycles. The maximum absolute atomic E-state index is 12.8. The maximum Gasteiger partial charge on any atom is 0.179 e. The van der Waals surface area contributed by atoms with E-state index in [0.29, 0.717) is 5.02 Å². The van der Waals surface area contributed by atoms with Crippen molar-refractivity contribution in [3.63, 3.8) is 0 Å². The third-order valence-electron chi connectivity index (χ3n) is 4.69. The number of hydrogen-bond donors (Lipinski definition) is 0. The first-order valence-corrected chi connectivity index (χ1v) is 8.38. The molecule has 1 aromatic heterocycles. The van der Waals surface area contributed by atoms with Crippen molar-refractivity contribution in [1.82, 2.24) is 0 Å². The molecule has 3 rings (SSSR count). The number of ketones is 1. The summed E-state index contributed by atoms with van der Waals surface area (Å²) in [5.41, 5.74) is 1.46. The SMILES string of the molecule is CC1(C)C(=O)c2sc(Br)cc2C1(C)c1ccc(Cl)cc1. The Hall–Kier alpha value is -0.640. The molecule has 0 bridgehead atoms. The minimum atomic E-state index is -0.456. The Morgan fingerprint density at radius 2 is 1.75 bits per heavy atom. The average Bonchev–Trinajstić information content (AvgIpc) is 2.84. The van der Waals surface area contributed by atoms with Gasteiger partial charge in [0.15, 0.2) is 5.78 Å². The van der Waals surface area contributed by atoms with Gasteiger partial charge in [-0.2, -0.15) is 0 Å². The predicted octanol–water partition coefficient (Wildman–Crippen LogP) is 5.69. The highest BCUT2D eigenvalue weighted by molar-refractivity contribution is 9.11. The number of fused-ring (bicyclic) bond motifs is 1. The van der Waals surface area contributed by atoms with Crippen LogP contribution in [0.15, 0.2) is 34.1 Å². The number of carbonyl (C=O) groups excluding carboxylic acids is 1. The highest BCUT2D eigenvalue weighted by Crippen LogP contribution is 2.57. The molecule has 1 aromatic carbocycles. The minimum absolute atomic E-state index is 0.223. The Labute approximate surface area is 136 Å². The fourth-order valence-corrected chi connectivity index (χ4v) is 4.98. The lowest BCUT2D eigenvalue weighted by molar-refractivity contribution is 0.0798. The molecule has 0 N–H and O–H groups in total. The molecular formula is C16H14BrClOS. The van der Waals surface area contributed by atoms with Crippen molar-refractivity contribution >= 4 is 44.7 Å². The number of carbonyl (C=O) groups is 1. The molecule has 1 aliphatic rings. The van der Waals surface area contributed by atoms with Crippen molar-refractivity contribution in [2.45, 2.75) is 26.2 Å². The van der Waals surface area contributed by atoms with E-state index in [4.69, 9.17) is 11.6 Å². The van der Waals surface area contributed by atoms with Crippen LogP contribution < -0.4 is 0 Å². The molecule has 104 valence electrons. The van der Waals surface area contributed by atoms with E-state index in [1.165, 1.54) is 11.3 Å². The van der Waals surface area contributed by atoms with Crippen LogP contribution in [-0.2, 0) is 5.41 Å². The first-order chi connectivity index (χ1) is 9.28. The van der Waals surface area contributed by atoms with Gasteiger partial charge in [-0.3, -0.25) is 4.79 Å². The van der Waals surface area contributed by atoms with E-state index in [-0.39, 0.29) is 11.2 Å². The predicted molar refractivity (Wildman–Crippen MR) is 88.0 cm³/mol. The first kappa shape index (κ1) is 14.3. The Balaban J connectivity index is 2.29. The smallest absolute Gasteiger partial charge is 0.179 e. The largest absolute Gasteiger partial charge is 0.293 e. The van der Waals surface area contributed by atoms with Gasteiger partial charge in [-0.1, -0.05) is 44.5 Å². The highest BCUT2D eigenvalue weighted by Gasteiger charge is 2.56. The molecule has 1 heterocycles. The number of halogens is 2. The number of hydrogen-bond acceptors (Lipinski definition) is 2. The molecule has 4 heteroatoms. The molecule has 1 nitrogen and oxygen atoms in total. The molecule has 1 unspecified atom stereocenters. The first-order valence-electron chi connectivity index (χ1n) is 6.39. The summed E-state index contributed by atoms with van der Waals surface area (Å²) >= 11 is 11.0. The van der Waals surface area contributed by atoms with E-state index in [9.17, 15) is 4.79 Å². The van der Waals surface area contributed by atoms with Crippen LogP contribution in [0.5, 0.6) is 0 Å². The molecule has 0 saturated carbocycles. The third-order valence-corrected chi connectivity index (χ3v) is 6.57. The maximum atomic E-state index is 12.8. The molecule has 1 aliphatic carbocycles. The van der Waals surface area contributed by atoms with Gasteiger partial charge < -0.3 is 0 Å². The molecule has 2 aromatic rings. The van der Waals surface area contributed by atoms with Crippen LogP contribution in [0.25, 0.3) is 0 Å². The van der Waals surface area contributed by atoms with E-state index in [2.05, 4.69) is 28.9 Å². The summed E-state index contributed by atoms with van der Waals surface area (Å²) in [7, 11) is 0. The van der Waals surface area contributed by atoms with Gasteiger partial charge in [-0.25, -0.2) is 0 Å². The second-order valence-corrected chi connectivity index (χ2v) is 8.75. The molecule has 0 spiro atoms. The van der Waals surface area contributed by atoms with Crippen molar-refractivity contribution in [2.75, 3.05) is 0 Å². The monoisotopic (exact) mass is 368 g/mol. The van der Waals surface area contributed by atoms with Crippen LogP contribution in [0, 0.1) is 5.41 Å². The fourth-order valence-electron chi connectivity index (χ4n) is 3.05. The van der Waals surface area contributed by atoms with Gasteiger partial charge in [-0.05, 0) is 45.3 Å². The Kier molecular flexibility index (Phi) is 3.16. The molecule has 0 aliphatic heterocycles. The van der Waals surface area contributed by atoms with E-state index in [0.717, 1.165) is 19.8 Å². The summed E-state index contributed by atoms with van der Waals surface area (Å²) in [6.45, 7) is 6.22. The van der Waals surface area contributed by atoms with Gasteiger partial charge in [0.1, 0.15) is 0 Å². The topological polar surface area (TPSA) is 17.1 Å². The van der Waals surface area contributed by atoms with E-state index >= 15 is 0 Å². The molecule has 1 atom stereocenters. The summed E-state index contributed by atoms with van der Waals surface area (Å²) in [4.78, 5) is 13.6. The fraction of sp³-hybridized carbons (Fsp3) is 0.312. The second kappa shape index (κ2) is 4.43. The zero-order valence-electron chi connectivity index (χ0n) is 11.5. The summed E-state index contributed by atoms with van der Waals surface area (Å²) in [5, 5.41) is 0.714. The van der Waals surface area contributed by atoms with Crippen LogP contribution in [0.1, 0.15) is 41.6 Å². The quantitative estimate of drug-likeness (QED) is 0.631. The van der Waals surface area contributed by atoms with Crippen molar-refractivity contribution in [1.29, 1.82) is 0 Å². The van der Waals surface area contributed by atoms with Crippen LogP contribution in [0.3, 0.4) is 0 Å². The summed E-state index contributed by atoms with van der Waals surface area (Å²) in [6.07, 6.45) is 0. The third kappa shape index (κ3) is 1.69. The van der Waals surface area contributed by atoms with Gasteiger partial charge in [-0.15, -0.1) is 11.3 Å². The Morgan fingerprint density at radius 3 is 2.35 bits per heavy atom. The van der Waals surface area contributed by atoms with Crippen LogP contribution in [-0.4, -0.2) is 5.78 Å². The molecule has 20 heavy (non-hydrogen) atoms. The van der Waals surface area contributed by atoms with Gasteiger partial charge in [0.2, 0.25) is 0 Å². The van der Waals surface area contributed by atoms with Crippen molar-refractivity contribution < 1.29 is 4.79 Å². The Morgan fingerprint density at radius 1 is 1.15 bits per heavy atom. The standard InChI is InChI=1S/C16H14BrClOS/c1-15(2)14(19)13-11(8-12(17)20-13)16(15,3)9-4-6-10(18)7-5-9/h4-8H,1-3H3. The van der Waals surface area contributed by atoms with E-state index < -0.39 is 5.41 Å². The lowest BCUT2D eigenvalue weighted by Crippen LogP contribution is -2.39. The number of thiophene rings is 1. The summed E-state index contributed by atoms with van der Waals surface area (Å²) < 4.78 is 1.01. The van der Waals surface area contributed by atoms with Crippen molar-refractivity contribution in [3.05, 3.63) is 55.1 Å². The lowest BCUT2D eigenvalue weighted by atomic mass is 9.63. The molecule has 0 fully saturated rings. The van der Waals surface area contributed by atoms with Crippen molar-refractivity contribution in [3.8, 4) is 0 Å². The summed E-state index contributed by atoms with van der Waals surface area (Å²) in [5.74, 6) is 0.223. The average molecular weight is 370 g/mol. The normalized spacial score (nSPS) is 23.9. The van der Waals surface area contributed by atoms with Crippen LogP contribution in [0.2, 0.25) is 5.02 Å². The number of rotatable bonds is 1. The van der Waals surface area contributed by atoms with Gasteiger partial charge >= 0.3 is 0 Å². The van der Waals surface area contributed by atoms with Gasteiger partial charge in [0.25, 0.3) is 0 Å². The molecule has 0 radical (unpaired) electrons. The van der Waals surface area contributed by atoms with Crippen molar-refractivity contribution in [2.24, 2.45) is 5.41 Å². The lowest BCUT2D eigenvalue weighted by Gasteiger charge is -2.38. The number of Topliss-reactive ketones (excluding diaryl/α,β-unsaturated/α-hetero) is 1. The minimum Gasteiger partial charge on any atom is -0.293 e. The number of benzene rings is 1. The van der Waals surface area contributed by atoms with E-state index in [1.807, 2.05) is 38.1 Å². The molecule has 0 amide bonds. The van der Waals surface area contributed by atoms with Gasteiger partial charge in [0, 0.05) is 15.9 Å². The molecular weight excluding hydrogens is 356 g/mol.